The summed E-state index contributed by atoms with van der Waals surface area (Å²) in [6.07, 6.45) is -2.02. The van der Waals surface area contributed by atoms with Crippen LogP contribution in [0.1, 0.15) is 5.56 Å². The van der Waals surface area contributed by atoms with Gasteiger partial charge in [-0.05, 0) is 42.0 Å². The van der Waals surface area contributed by atoms with Crippen molar-refractivity contribution in [2.45, 2.75) is 24.7 Å². The second-order valence-corrected chi connectivity index (χ2v) is 11.4. The van der Waals surface area contributed by atoms with E-state index < -0.39 is 50.9 Å². The first-order chi connectivity index (χ1) is 19.7. The van der Waals surface area contributed by atoms with E-state index in [0.717, 1.165) is 5.69 Å². The summed E-state index contributed by atoms with van der Waals surface area (Å²) in [6, 6.07) is 10.5. The van der Waals surface area contributed by atoms with Crippen molar-refractivity contribution in [2.75, 3.05) is 38.1 Å². The number of amides is 3. The lowest BCUT2D eigenvalue weighted by atomic mass is 10.0. The van der Waals surface area contributed by atoms with Gasteiger partial charge in [0.25, 0.3) is 11.8 Å². The molecule has 0 saturated carbocycles. The van der Waals surface area contributed by atoms with Crippen LogP contribution in [0.15, 0.2) is 48.5 Å². The van der Waals surface area contributed by atoms with Gasteiger partial charge < -0.3 is 33.5 Å². The molecule has 0 spiro atoms. The number of nitrogens with one attached hydrogen (secondary N) is 2. The van der Waals surface area contributed by atoms with Gasteiger partial charge >= 0.3 is 20.8 Å². The third kappa shape index (κ3) is 8.52. The summed E-state index contributed by atoms with van der Waals surface area (Å²) in [4.78, 5) is 41.7. The van der Waals surface area contributed by atoms with Crippen LogP contribution in [0.3, 0.4) is 0 Å². The number of hydrogen-bond donors (Lipinski definition) is 4. The second-order valence-electron chi connectivity index (χ2n) is 9.33. The van der Waals surface area contributed by atoms with Crippen LogP contribution in [0.2, 0.25) is 0 Å². The first kappa shape index (κ1) is 31.0. The van der Waals surface area contributed by atoms with E-state index >= 15 is 0 Å². The highest BCUT2D eigenvalue weighted by atomic mass is 32.3. The first-order valence-electron chi connectivity index (χ1n) is 12.5. The Balaban J connectivity index is 1.27. The maximum Gasteiger partial charge on any atom is 0.446 e. The summed E-state index contributed by atoms with van der Waals surface area (Å²) in [5.74, 6) is -1.69. The minimum Gasteiger partial charge on any atom is -0.368 e. The molecular formula is C24H28N4O12S2. The molecule has 2 aromatic carbocycles. The van der Waals surface area contributed by atoms with Crippen LogP contribution in [0, 0.1) is 0 Å². The van der Waals surface area contributed by atoms with Crippen molar-refractivity contribution >= 4 is 44.2 Å². The van der Waals surface area contributed by atoms with Crippen LogP contribution in [0.5, 0.6) is 11.5 Å². The number of ether oxygens (including phenoxy) is 1. The van der Waals surface area contributed by atoms with E-state index in [0.29, 0.717) is 31.7 Å². The molecule has 3 atom stereocenters. The van der Waals surface area contributed by atoms with Crippen molar-refractivity contribution in [3.05, 3.63) is 54.1 Å². The van der Waals surface area contributed by atoms with Crippen molar-refractivity contribution in [2.24, 2.45) is 0 Å². The minimum atomic E-state index is -4.69. The highest BCUT2D eigenvalue weighted by molar-refractivity contribution is 7.81. The van der Waals surface area contributed by atoms with Crippen LogP contribution >= 0.6 is 0 Å². The third-order valence-corrected chi connectivity index (χ3v) is 7.24. The lowest BCUT2D eigenvalue weighted by molar-refractivity contribution is -0.133. The van der Waals surface area contributed by atoms with Crippen molar-refractivity contribution in [3.63, 3.8) is 0 Å². The average Bonchev–Trinajstić information content (AvgIpc) is 3.73. The number of nitrogens with zero attached hydrogens (tertiary/aromatic N) is 2. The monoisotopic (exact) mass is 628 g/mol. The number of carbonyl (C=O) groups is 3. The number of piperazine rings is 1. The quantitative estimate of drug-likeness (QED) is 0.172. The maximum absolute atomic E-state index is 12.9. The van der Waals surface area contributed by atoms with Crippen molar-refractivity contribution < 1.29 is 53.4 Å². The van der Waals surface area contributed by atoms with Gasteiger partial charge in [-0.3, -0.25) is 23.5 Å². The average molecular weight is 629 g/mol. The van der Waals surface area contributed by atoms with Gasteiger partial charge in [0.2, 0.25) is 5.91 Å². The highest BCUT2D eigenvalue weighted by Gasteiger charge is 2.52. The Kier molecular flexibility index (Phi) is 9.21. The van der Waals surface area contributed by atoms with E-state index in [1.807, 2.05) is 4.90 Å². The Hall–Kier alpha value is -3.97. The van der Waals surface area contributed by atoms with E-state index in [1.165, 1.54) is 43.4 Å². The zero-order chi connectivity index (χ0) is 30.7. The summed E-state index contributed by atoms with van der Waals surface area (Å²) in [7, 11) is -7.92. The molecule has 42 heavy (non-hydrogen) atoms. The van der Waals surface area contributed by atoms with Crippen molar-refractivity contribution in [1.82, 2.24) is 15.5 Å². The molecule has 2 aliphatic rings. The fraction of sp³-hybridized carbons (Fsp3) is 0.375. The molecule has 2 fully saturated rings. The Labute approximate surface area is 241 Å². The number of likely N-dealkylation sites (N-methyl/N-ethyl adjacent to an activating group) is 1. The van der Waals surface area contributed by atoms with E-state index in [4.69, 9.17) is 13.8 Å². The van der Waals surface area contributed by atoms with Crippen molar-refractivity contribution in [3.8, 4) is 11.5 Å². The number of carbonyl (C=O) groups excluding carboxylic acids is 3. The maximum atomic E-state index is 12.9. The standard InChI is InChI=1S/C24H28N4O12S2/c1-25-22(29)19(14-15-2-6-17(7-3-15)39-41(32,33)34)26-23(30)20-21(38-20)24(31)28-12-10-27(11-13-28)16-4-8-18(9-5-16)40-42(35,36)37/h2-9,19-21H,10-14H2,1H3,(H,25,29)(H,26,30)(H,32,33,34)(H,35,36,37)/t19?,20-,21+/m1/s1. The molecule has 2 heterocycles. The molecule has 4 N–H and O–H groups in total. The third-order valence-electron chi connectivity index (χ3n) is 6.43. The fourth-order valence-electron chi connectivity index (χ4n) is 4.37. The smallest absolute Gasteiger partial charge is 0.368 e. The molecule has 1 unspecified atom stereocenters. The zero-order valence-electron chi connectivity index (χ0n) is 22.1. The molecule has 3 amide bonds. The summed E-state index contributed by atoms with van der Waals surface area (Å²) >= 11 is 0. The summed E-state index contributed by atoms with van der Waals surface area (Å²) < 4.78 is 75.0. The van der Waals surface area contributed by atoms with Gasteiger partial charge in [0.15, 0.2) is 12.2 Å². The first-order valence-corrected chi connectivity index (χ1v) is 15.2. The van der Waals surface area contributed by atoms with Crippen molar-refractivity contribution in [1.29, 1.82) is 0 Å². The van der Waals surface area contributed by atoms with E-state index in [2.05, 4.69) is 19.0 Å². The van der Waals surface area contributed by atoms with Crippen LogP contribution < -0.4 is 23.9 Å². The molecule has 4 rings (SSSR count). The molecule has 0 radical (unpaired) electrons. The lowest BCUT2D eigenvalue weighted by Gasteiger charge is -2.36. The predicted molar refractivity (Wildman–Crippen MR) is 144 cm³/mol. The van der Waals surface area contributed by atoms with Gasteiger partial charge in [-0.2, -0.15) is 16.8 Å². The van der Waals surface area contributed by atoms with Gasteiger partial charge in [-0.25, -0.2) is 0 Å². The second kappa shape index (κ2) is 12.5. The van der Waals surface area contributed by atoms with Crippen LogP contribution in [-0.2, 0) is 46.3 Å². The van der Waals surface area contributed by atoms with Gasteiger partial charge in [-0.15, -0.1) is 0 Å². The molecule has 18 heteroatoms. The van der Waals surface area contributed by atoms with E-state index in [9.17, 15) is 31.2 Å². The Morgan fingerprint density at radius 3 is 1.90 bits per heavy atom. The normalized spacial score (nSPS) is 19.4. The fourth-order valence-corrected chi connectivity index (χ4v) is 5.08. The molecule has 0 bridgehead atoms. The Morgan fingerprint density at radius 1 is 0.881 bits per heavy atom. The predicted octanol–water partition coefficient (Wildman–Crippen LogP) is -1.06. The zero-order valence-corrected chi connectivity index (χ0v) is 23.7. The number of hydrogen-bond acceptors (Lipinski definition) is 11. The number of rotatable bonds is 11. The molecule has 0 aliphatic carbocycles. The number of benzene rings is 2. The Bertz CT molecular complexity index is 1520. The SMILES string of the molecule is CNC(=O)C(Cc1ccc(OS(=O)(=O)O)cc1)NC(=O)[C@@H]1O[C@@H]1C(=O)N1CCN(c2ccc(OS(=O)(=O)O)cc2)CC1. The molecule has 0 aromatic heterocycles. The van der Waals surface area contributed by atoms with E-state index in [-0.39, 0.29) is 23.8 Å². The van der Waals surface area contributed by atoms with Crippen LogP contribution in [0.25, 0.3) is 0 Å². The van der Waals surface area contributed by atoms with Gasteiger partial charge in [0.05, 0.1) is 0 Å². The molecule has 2 aliphatic heterocycles. The number of epoxide rings is 1. The lowest BCUT2D eigenvalue weighted by Crippen LogP contribution is -2.51. The molecule has 16 nitrogen and oxygen atoms in total. The van der Waals surface area contributed by atoms with Gasteiger partial charge in [0, 0.05) is 45.3 Å². The summed E-state index contributed by atoms with van der Waals surface area (Å²) in [5.41, 5.74) is 1.31. The molecule has 228 valence electrons. The summed E-state index contributed by atoms with van der Waals surface area (Å²) in [6.45, 7) is 1.60. The topological polar surface area (TPSA) is 221 Å². The Morgan fingerprint density at radius 2 is 1.40 bits per heavy atom. The van der Waals surface area contributed by atoms with Crippen LogP contribution in [-0.4, -0.2) is 100 Å². The van der Waals surface area contributed by atoms with Gasteiger partial charge in [-0.1, -0.05) is 12.1 Å². The van der Waals surface area contributed by atoms with Gasteiger partial charge in [0.1, 0.15) is 17.5 Å². The molecular weight excluding hydrogens is 600 g/mol. The van der Waals surface area contributed by atoms with E-state index in [1.54, 1.807) is 17.0 Å². The molecule has 2 aromatic rings. The highest BCUT2D eigenvalue weighted by Crippen LogP contribution is 2.27. The molecule has 2 saturated heterocycles. The summed E-state index contributed by atoms with van der Waals surface area (Å²) in [5, 5.41) is 5.03. The minimum absolute atomic E-state index is 0.0355. The number of anilines is 1. The largest absolute Gasteiger partial charge is 0.446 e. The van der Waals surface area contributed by atoms with Crippen LogP contribution in [0.4, 0.5) is 5.69 Å².